The van der Waals surface area contributed by atoms with Crippen LogP contribution in [0.5, 0.6) is 0 Å². The number of aliphatic hydroxyl groups is 1. The van der Waals surface area contributed by atoms with Crippen LogP contribution in [0.15, 0.2) is 0 Å². The smallest absolute Gasteiger partial charge is 0.0556 e. The van der Waals surface area contributed by atoms with Gasteiger partial charge in [-0.25, -0.2) is 0 Å². The van der Waals surface area contributed by atoms with Crippen molar-refractivity contribution in [1.29, 1.82) is 0 Å². The highest BCUT2D eigenvalue weighted by atomic mass is 32.2. The van der Waals surface area contributed by atoms with E-state index < -0.39 is 0 Å². The van der Waals surface area contributed by atoms with Gasteiger partial charge < -0.3 is 14.7 Å². The zero-order valence-electron chi connectivity index (χ0n) is 10.7. The SMILES string of the molecule is CSCC(C)N(C)CC1(CO)CCCOC1. The van der Waals surface area contributed by atoms with Crippen LogP contribution >= 0.6 is 11.8 Å². The van der Waals surface area contributed by atoms with E-state index in [1.165, 1.54) is 0 Å². The number of rotatable bonds is 6. The number of thioether (sulfide) groups is 1. The summed E-state index contributed by atoms with van der Waals surface area (Å²) in [7, 11) is 2.15. The molecule has 1 rings (SSSR count). The predicted octanol–water partition coefficient (Wildman–Crippen LogP) is 1.46. The molecule has 96 valence electrons. The molecule has 2 atom stereocenters. The van der Waals surface area contributed by atoms with Crippen molar-refractivity contribution in [2.45, 2.75) is 25.8 Å². The molecule has 0 spiro atoms. The Bertz CT molecular complexity index is 195. The summed E-state index contributed by atoms with van der Waals surface area (Å²) >= 11 is 1.87. The lowest BCUT2D eigenvalue weighted by molar-refractivity contribution is -0.0552. The first kappa shape index (κ1) is 14.3. The fourth-order valence-corrected chi connectivity index (χ4v) is 3.00. The van der Waals surface area contributed by atoms with E-state index in [1.54, 1.807) is 0 Å². The second-order valence-corrected chi connectivity index (χ2v) is 5.94. The summed E-state index contributed by atoms with van der Waals surface area (Å²) in [6.07, 6.45) is 4.29. The van der Waals surface area contributed by atoms with E-state index in [4.69, 9.17) is 4.74 Å². The molecule has 0 saturated carbocycles. The molecule has 1 saturated heterocycles. The van der Waals surface area contributed by atoms with Crippen molar-refractivity contribution in [1.82, 2.24) is 4.90 Å². The van der Waals surface area contributed by atoms with Gasteiger partial charge in [-0.05, 0) is 33.1 Å². The van der Waals surface area contributed by atoms with Crippen LogP contribution < -0.4 is 0 Å². The highest BCUT2D eigenvalue weighted by Crippen LogP contribution is 2.29. The molecule has 0 amide bonds. The summed E-state index contributed by atoms with van der Waals surface area (Å²) in [5.41, 5.74) is -0.0281. The molecule has 16 heavy (non-hydrogen) atoms. The zero-order chi connectivity index (χ0) is 12.0. The summed E-state index contributed by atoms with van der Waals surface area (Å²) in [6.45, 7) is 4.98. The van der Waals surface area contributed by atoms with Crippen molar-refractivity contribution in [2.75, 3.05) is 45.4 Å². The Morgan fingerprint density at radius 2 is 2.31 bits per heavy atom. The second kappa shape index (κ2) is 6.84. The maximum absolute atomic E-state index is 9.59. The Kier molecular flexibility index (Phi) is 6.11. The molecule has 0 aromatic heterocycles. The average Bonchev–Trinajstić information content (AvgIpc) is 2.30. The molecular formula is C12H25NO2S. The minimum atomic E-state index is -0.0281. The molecule has 1 fully saturated rings. The Labute approximate surface area is 104 Å². The molecule has 0 bridgehead atoms. The lowest BCUT2D eigenvalue weighted by atomic mass is 9.82. The number of ether oxygens (including phenoxy) is 1. The minimum Gasteiger partial charge on any atom is -0.396 e. The van der Waals surface area contributed by atoms with Crippen molar-refractivity contribution in [2.24, 2.45) is 5.41 Å². The van der Waals surface area contributed by atoms with Crippen LogP contribution in [0.25, 0.3) is 0 Å². The van der Waals surface area contributed by atoms with Crippen LogP contribution in [0.1, 0.15) is 19.8 Å². The third-order valence-corrected chi connectivity index (χ3v) is 4.30. The van der Waals surface area contributed by atoms with E-state index >= 15 is 0 Å². The first-order valence-corrected chi connectivity index (χ1v) is 7.41. The highest BCUT2D eigenvalue weighted by molar-refractivity contribution is 7.98. The summed E-state index contributed by atoms with van der Waals surface area (Å²) in [5, 5.41) is 9.59. The van der Waals surface area contributed by atoms with Crippen LogP contribution in [-0.2, 0) is 4.74 Å². The van der Waals surface area contributed by atoms with Crippen LogP contribution in [0, 0.1) is 5.41 Å². The van der Waals surface area contributed by atoms with Crippen LogP contribution in [0.4, 0.5) is 0 Å². The lowest BCUT2D eigenvalue weighted by Gasteiger charge is -2.40. The van der Waals surface area contributed by atoms with E-state index in [9.17, 15) is 5.11 Å². The number of nitrogens with zero attached hydrogens (tertiary/aromatic N) is 1. The molecule has 3 nitrogen and oxygen atoms in total. The quantitative estimate of drug-likeness (QED) is 0.770. The van der Waals surface area contributed by atoms with Crippen molar-refractivity contribution in [3.63, 3.8) is 0 Å². The third-order valence-electron chi connectivity index (χ3n) is 3.48. The third kappa shape index (κ3) is 3.91. The van der Waals surface area contributed by atoms with E-state index in [1.807, 2.05) is 11.8 Å². The molecule has 1 aliphatic rings. The van der Waals surface area contributed by atoms with Crippen LogP contribution in [0.2, 0.25) is 0 Å². The Hall–Kier alpha value is 0.230. The molecule has 0 aromatic carbocycles. The topological polar surface area (TPSA) is 32.7 Å². The molecule has 0 aliphatic carbocycles. The van der Waals surface area contributed by atoms with Gasteiger partial charge in [-0.3, -0.25) is 0 Å². The summed E-state index contributed by atoms with van der Waals surface area (Å²) < 4.78 is 5.53. The van der Waals surface area contributed by atoms with Gasteiger partial charge in [0.15, 0.2) is 0 Å². The monoisotopic (exact) mass is 247 g/mol. The Morgan fingerprint density at radius 3 is 2.81 bits per heavy atom. The van der Waals surface area contributed by atoms with Crippen molar-refractivity contribution < 1.29 is 9.84 Å². The summed E-state index contributed by atoms with van der Waals surface area (Å²) in [4.78, 5) is 2.35. The molecule has 0 radical (unpaired) electrons. The van der Waals surface area contributed by atoms with Gasteiger partial charge in [-0.2, -0.15) is 11.8 Å². The first-order chi connectivity index (χ1) is 7.63. The molecule has 1 aliphatic heterocycles. The van der Waals surface area contributed by atoms with Gasteiger partial charge in [0.2, 0.25) is 0 Å². The second-order valence-electron chi connectivity index (χ2n) is 5.03. The number of aliphatic hydroxyl groups excluding tert-OH is 1. The number of hydrogen-bond donors (Lipinski definition) is 1. The van der Waals surface area contributed by atoms with Crippen molar-refractivity contribution in [3.05, 3.63) is 0 Å². The molecule has 2 unspecified atom stereocenters. The molecule has 1 N–H and O–H groups in total. The van der Waals surface area contributed by atoms with Gasteiger partial charge in [-0.15, -0.1) is 0 Å². The van der Waals surface area contributed by atoms with E-state index in [2.05, 4.69) is 25.1 Å². The van der Waals surface area contributed by atoms with Gasteiger partial charge in [0, 0.05) is 30.4 Å². The molecule has 1 heterocycles. The summed E-state index contributed by atoms with van der Waals surface area (Å²) in [5.74, 6) is 1.14. The number of hydrogen-bond acceptors (Lipinski definition) is 4. The normalized spacial score (nSPS) is 28.3. The predicted molar refractivity (Wildman–Crippen MR) is 70.0 cm³/mol. The Balaban J connectivity index is 2.48. The first-order valence-electron chi connectivity index (χ1n) is 6.01. The van der Waals surface area contributed by atoms with Crippen LogP contribution in [0.3, 0.4) is 0 Å². The fraction of sp³-hybridized carbons (Fsp3) is 1.00. The van der Waals surface area contributed by atoms with Gasteiger partial charge >= 0.3 is 0 Å². The standard InChI is InChI=1S/C12H25NO2S/c1-11(7-16-3)13(2)8-12(9-14)5-4-6-15-10-12/h11,14H,4-10H2,1-3H3. The molecule has 4 heteroatoms. The van der Waals surface area contributed by atoms with E-state index in [0.29, 0.717) is 12.6 Å². The van der Waals surface area contributed by atoms with Crippen molar-refractivity contribution >= 4 is 11.8 Å². The molecular weight excluding hydrogens is 222 g/mol. The lowest BCUT2D eigenvalue weighted by Crippen LogP contribution is -2.47. The maximum Gasteiger partial charge on any atom is 0.0556 e. The summed E-state index contributed by atoms with van der Waals surface area (Å²) in [6, 6.07) is 0.556. The van der Waals surface area contributed by atoms with Crippen LogP contribution in [-0.4, -0.2) is 61.5 Å². The van der Waals surface area contributed by atoms with E-state index in [0.717, 1.165) is 31.7 Å². The van der Waals surface area contributed by atoms with Gasteiger partial charge in [-0.1, -0.05) is 0 Å². The highest BCUT2D eigenvalue weighted by Gasteiger charge is 2.34. The molecule has 0 aromatic rings. The van der Waals surface area contributed by atoms with E-state index in [-0.39, 0.29) is 12.0 Å². The minimum absolute atomic E-state index is 0.0281. The fourth-order valence-electron chi connectivity index (χ4n) is 2.26. The maximum atomic E-state index is 9.59. The van der Waals surface area contributed by atoms with Crippen molar-refractivity contribution in [3.8, 4) is 0 Å². The zero-order valence-corrected chi connectivity index (χ0v) is 11.6. The van der Waals surface area contributed by atoms with Gasteiger partial charge in [0.25, 0.3) is 0 Å². The van der Waals surface area contributed by atoms with Gasteiger partial charge in [0.05, 0.1) is 13.2 Å². The Morgan fingerprint density at radius 1 is 1.56 bits per heavy atom. The van der Waals surface area contributed by atoms with Gasteiger partial charge in [0.1, 0.15) is 0 Å². The largest absolute Gasteiger partial charge is 0.396 e. The average molecular weight is 247 g/mol.